The maximum atomic E-state index is 6.65. The van der Waals surface area contributed by atoms with E-state index in [1.54, 1.807) is 5.57 Å². The van der Waals surface area contributed by atoms with Gasteiger partial charge in [-0.1, -0.05) is 24.5 Å². The highest BCUT2D eigenvalue weighted by Crippen LogP contribution is 2.50. The molecule has 0 radical (unpaired) electrons. The predicted octanol–water partition coefficient (Wildman–Crippen LogP) is 3.87. The van der Waals surface area contributed by atoms with Crippen LogP contribution in [0.1, 0.15) is 56.6 Å². The molecule has 112 valence electrons. The van der Waals surface area contributed by atoms with Gasteiger partial charge in [-0.15, -0.1) is 0 Å². The van der Waals surface area contributed by atoms with Crippen molar-refractivity contribution in [3.8, 4) is 0 Å². The van der Waals surface area contributed by atoms with Gasteiger partial charge in [-0.05, 0) is 38.2 Å². The van der Waals surface area contributed by atoms with E-state index in [2.05, 4.69) is 42.2 Å². The first-order chi connectivity index (χ1) is 10.3. The SMILES string of the molecule is C[n+]1cccc([C@@H]2O[C@@H]3CCCC[C@@H]3C3=CCCC[C@H]32)c1. The molecule has 2 aliphatic carbocycles. The van der Waals surface area contributed by atoms with E-state index in [4.69, 9.17) is 4.74 Å². The van der Waals surface area contributed by atoms with Gasteiger partial charge < -0.3 is 4.74 Å². The van der Waals surface area contributed by atoms with Crippen LogP contribution in [0.4, 0.5) is 0 Å². The molecule has 0 bridgehead atoms. The van der Waals surface area contributed by atoms with Gasteiger partial charge in [-0.25, -0.2) is 4.57 Å². The molecular formula is C19H26NO+. The van der Waals surface area contributed by atoms with Gasteiger partial charge in [0.05, 0.1) is 12.2 Å². The van der Waals surface area contributed by atoms with Crippen molar-refractivity contribution < 1.29 is 9.30 Å². The molecule has 2 heterocycles. The summed E-state index contributed by atoms with van der Waals surface area (Å²) in [5.74, 6) is 1.35. The Kier molecular flexibility index (Phi) is 3.58. The van der Waals surface area contributed by atoms with Crippen LogP contribution in [-0.2, 0) is 11.8 Å². The molecule has 1 aromatic rings. The first-order valence-corrected chi connectivity index (χ1v) is 8.63. The first-order valence-electron chi connectivity index (χ1n) is 8.63. The number of aryl methyl sites for hydroxylation is 1. The van der Waals surface area contributed by atoms with E-state index < -0.39 is 0 Å². The monoisotopic (exact) mass is 284 g/mol. The van der Waals surface area contributed by atoms with E-state index in [0.29, 0.717) is 12.0 Å². The van der Waals surface area contributed by atoms with Crippen molar-refractivity contribution in [1.29, 1.82) is 0 Å². The van der Waals surface area contributed by atoms with Crippen LogP contribution < -0.4 is 4.57 Å². The van der Waals surface area contributed by atoms with E-state index in [1.807, 2.05) is 0 Å². The fourth-order valence-electron chi connectivity index (χ4n) is 4.69. The van der Waals surface area contributed by atoms with Crippen molar-refractivity contribution in [3.05, 3.63) is 41.7 Å². The molecule has 2 nitrogen and oxygen atoms in total. The second-order valence-electron chi connectivity index (χ2n) is 7.03. The van der Waals surface area contributed by atoms with Gasteiger partial charge in [0.25, 0.3) is 0 Å². The average Bonchev–Trinajstić information content (AvgIpc) is 2.54. The lowest BCUT2D eigenvalue weighted by atomic mass is 9.68. The standard InChI is InChI=1S/C19H26NO/c1-20-12-6-7-14(13-20)19-17-10-3-2-8-15(17)16-9-4-5-11-18(16)21-19/h6-8,12-13,16-19H,2-5,9-11H2,1H3/q+1/t16-,17-,18-,19+/m1/s1. The molecule has 3 aliphatic rings. The lowest BCUT2D eigenvalue weighted by molar-refractivity contribution is -0.672. The Bertz CT molecular complexity index is 550. The molecule has 2 fully saturated rings. The summed E-state index contributed by atoms with van der Waals surface area (Å²) in [7, 11) is 2.10. The third-order valence-electron chi connectivity index (χ3n) is 5.64. The summed E-state index contributed by atoms with van der Waals surface area (Å²) < 4.78 is 8.80. The Balaban J connectivity index is 1.70. The molecule has 21 heavy (non-hydrogen) atoms. The minimum atomic E-state index is 0.281. The van der Waals surface area contributed by atoms with Gasteiger partial charge in [0.1, 0.15) is 7.05 Å². The number of ether oxygens (including phenoxy) is 1. The number of hydrogen-bond donors (Lipinski definition) is 0. The molecule has 4 rings (SSSR count). The second kappa shape index (κ2) is 5.57. The van der Waals surface area contributed by atoms with Crippen molar-refractivity contribution in [2.45, 2.75) is 57.2 Å². The Hall–Kier alpha value is -1.15. The first kappa shape index (κ1) is 13.5. The van der Waals surface area contributed by atoms with Crippen LogP contribution in [0.3, 0.4) is 0 Å². The smallest absolute Gasteiger partial charge is 0.174 e. The fourth-order valence-corrected chi connectivity index (χ4v) is 4.69. The fraction of sp³-hybridized carbons (Fsp3) is 0.632. The molecule has 4 atom stereocenters. The lowest BCUT2D eigenvalue weighted by Gasteiger charge is -2.47. The highest BCUT2D eigenvalue weighted by atomic mass is 16.5. The largest absolute Gasteiger partial charge is 0.369 e. The molecule has 1 saturated heterocycles. The zero-order chi connectivity index (χ0) is 14.2. The number of hydrogen-bond acceptors (Lipinski definition) is 1. The topological polar surface area (TPSA) is 13.1 Å². The summed E-state index contributed by atoms with van der Waals surface area (Å²) in [6, 6.07) is 4.40. The quantitative estimate of drug-likeness (QED) is 0.563. The number of fused-ring (bicyclic) bond motifs is 3. The van der Waals surface area contributed by atoms with E-state index in [0.717, 1.165) is 5.92 Å². The Morgan fingerprint density at radius 3 is 2.86 bits per heavy atom. The zero-order valence-electron chi connectivity index (χ0n) is 13.0. The van der Waals surface area contributed by atoms with Gasteiger partial charge in [0.15, 0.2) is 12.4 Å². The molecule has 1 aromatic heterocycles. The Morgan fingerprint density at radius 1 is 1.10 bits per heavy atom. The van der Waals surface area contributed by atoms with Crippen LogP contribution in [0.15, 0.2) is 36.2 Å². The van der Waals surface area contributed by atoms with E-state index in [1.165, 1.54) is 50.5 Å². The maximum absolute atomic E-state index is 6.65. The molecule has 0 N–H and O–H groups in total. The van der Waals surface area contributed by atoms with Crippen LogP contribution in [0.25, 0.3) is 0 Å². The minimum Gasteiger partial charge on any atom is -0.369 e. The van der Waals surface area contributed by atoms with E-state index in [9.17, 15) is 0 Å². The normalized spacial score (nSPS) is 35.6. The lowest BCUT2D eigenvalue weighted by Crippen LogP contribution is -2.42. The molecular weight excluding hydrogens is 258 g/mol. The molecule has 0 spiro atoms. The summed E-state index contributed by atoms with van der Waals surface area (Å²) in [6.45, 7) is 0. The van der Waals surface area contributed by atoms with Crippen LogP contribution in [-0.4, -0.2) is 6.10 Å². The molecule has 1 aliphatic heterocycles. The molecule has 0 unspecified atom stereocenters. The van der Waals surface area contributed by atoms with Crippen molar-refractivity contribution in [2.24, 2.45) is 18.9 Å². The van der Waals surface area contributed by atoms with Gasteiger partial charge in [0, 0.05) is 23.5 Å². The summed E-state index contributed by atoms with van der Waals surface area (Å²) in [5.41, 5.74) is 3.11. The summed E-state index contributed by atoms with van der Waals surface area (Å²) in [4.78, 5) is 0. The zero-order valence-corrected chi connectivity index (χ0v) is 13.0. The van der Waals surface area contributed by atoms with Crippen LogP contribution in [0.2, 0.25) is 0 Å². The van der Waals surface area contributed by atoms with E-state index >= 15 is 0 Å². The summed E-state index contributed by atoms with van der Waals surface area (Å²) in [5, 5.41) is 0. The average molecular weight is 284 g/mol. The Labute approximate surface area is 127 Å². The molecule has 2 heteroatoms. The van der Waals surface area contributed by atoms with Crippen molar-refractivity contribution >= 4 is 0 Å². The predicted molar refractivity (Wildman–Crippen MR) is 82.6 cm³/mol. The third-order valence-corrected chi connectivity index (χ3v) is 5.64. The second-order valence-corrected chi connectivity index (χ2v) is 7.03. The highest BCUT2D eigenvalue weighted by Gasteiger charge is 2.43. The van der Waals surface area contributed by atoms with Crippen LogP contribution in [0, 0.1) is 11.8 Å². The number of rotatable bonds is 1. The minimum absolute atomic E-state index is 0.281. The molecule has 1 saturated carbocycles. The third kappa shape index (κ3) is 2.44. The molecule has 0 aromatic carbocycles. The van der Waals surface area contributed by atoms with Gasteiger partial charge in [-0.3, -0.25) is 0 Å². The van der Waals surface area contributed by atoms with Crippen molar-refractivity contribution in [3.63, 3.8) is 0 Å². The van der Waals surface area contributed by atoms with Gasteiger partial charge >= 0.3 is 0 Å². The highest BCUT2D eigenvalue weighted by molar-refractivity contribution is 5.25. The van der Waals surface area contributed by atoms with Crippen molar-refractivity contribution in [2.75, 3.05) is 0 Å². The number of nitrogens with zero attached hydrogens (tertiary/aromatic N) is 1. The van der Waals surface area contributed by atoms with Gasteiger partial charge in [-0.2, -0.15) is 0 Å². The number of allylic oxidation sites excluding steroid dienone is 1. The Morgan fingerprint density at radius 2 is 1.95 bits per heavy atom. The van der Waals surface area contributed by atoms with Gasteiger partial charge in [0.2, 0.25) is 0 Å². The summed E-state index contributed by atoms with van der Waals surface area (Å²) in [6.07, 6.45) is 16.9. The number of pyridine rings is 1. The van der Waals surface area contributed by atoms with Crippen LogP contribution >= 0.6 is 0 Å². The van der Waals surface area contributed by atoms with Crippen molar-refractivity contribution in [1.82, 2.24) is 0 Å². The van der Waals surface area contributed by atoms with E-state index in [-0.39, 0.29) is 6.10 Å². The summed E-state index contributed by atoms with van der Waals surface area (Å²) >= 11 is 0. The maximum Gasteiger partial charge on any atom is 0.174 e. The molecule has 0 amide bonds. The van der Waals surface area contributed by atoms with Crippen LogP contribution in [0.5, 0.6) is 0 Å². The number of aromatic nitrogens is 1.